The van der Waals surface area contributed by atoms with Gasteiger partial charge in [-0.3, -0.25) is 9.48 Å². The van der Waals surface area contributed by atoms with Gasteiger partial charge in [-0.15, -0.1) is 11.8 Å². The normalized spacial score (nSPS) is 10.7. The molecule has 0 atom stereocenters. The van der Waals surface area contributed by atoms with Gasteiger partial charge in [0.1, 0.15) is 5.82 Å². The molecule has 0 aliphatic heterocycles. The van der Waals surface area contributed by atoms with Crippen LogP contribution < -0.4 is 5.32 Å². The standard InChI is InChI=1S/C20H20FN3OS/c21-18-7-9-19(10-8-18)26-12-4-11-22-20(25)17-13-23-24(15-17)14-16-5-2-1-3-6-16/h1-3,5-10,13,15H,4,11-12,14H2,(H,22,25). The highest BCUT2D eigenvalue weighted by Crippen LogP contribution is 2.18. The van der Waals surface area contributed by atoms with Crippen LogP contribution >= 0.6 is 11.8 Å². The summed E-state index contributed by atoms with van der Waals surface area (Å²) in [6.45, 7) is 1.24. The van der Waals surface area contributed by atoms with Gasteiger partial charge in [-0.25, -0.2) is 4.39 Å². The maximum absolute atomic E-state index is 12.8. The highest BCUT2D eigenvalue weighted by molar-refractivity contribution is 7.99. The summed E-state index contributed by atoms with van der Waals surface area (Å²) in [6.07, 6.45) is 4.19. The number of halogens is 1. The number of hydrogen-bond acceptors (Lipinski definition) is 3. The Morgan fingerprint density at radius 2 is 1.88 bits per heavy atom. The number of carbonyl (C=O) groups is 1. The first-order valence-electron chi connectivity index (χ1n) is 8.44. The molecule has 26 heavy (non-hydrogen) atoms. The van der Waals surface area contributed by atoms with Crippen LogP contribution in [0.5, 0.6) is 0 Å². The number of amides is 1. The van der Waals surface area contributed by atoms with Gasteiger partial charge in [0.15, 0.2) is 0 Å². The third-order valence-electron chi connectivity index (χ3n) is 3.77. The van der Waals surface area contributed by atoms with Crippen molar-refractivity contribution in [1.29, 1.82) is 0 Å². The Morgan fingerprint density at radius 1 is 1.12 bits per heavy atom. The highest BCUT2D eigenvalue weighted by Gasteiger charge is 2.08. The first-order chi connectivity index (χ1) is 12.7. The predicted molar refractivity (Wildman–Crippen MR) is 102 cm³/mol. The van der Waals surface area contributed by atoms with Crippen LogP contribution in [0, 0.1) is 5.82 Å². The van der Waals surface area contributed by atoms with E-state index >= 15 is 0 Å². The van der Waals surface area contributed by atoms with Crippen LogP contribution in [0.3, 0.4) is 0 Å². The number of nitrogens with one attached hydrogen (secondary N) is 1. The smallest absolute Gasteiger partial charge is 0.254 e. The van der Waals surface area contributed by atoms with E-state index in [1.165, 1.54) is 12.1 Å². The Morgan fingerprint density at radius 3 is 2.65 bits per heavy atom. The van der Waals surface area contributed by atoms with Gasteiger partial charge in [0.2, 0.25) is 0 Å². The molecule has 0 aliphatic rings. The summed E-state index contributed by atoms with van der Waals surface area (Å²) in [5, 5.41) is 7.15. The largest absolute Gasteiger partial charge is 0.352 e. The number of benzene rings is 2. The van der Waals surface area contributed by atoms with Crippen molar-refractivity contribution in [1.82, 2.24) is 15.1 Å². The molecule has 0 radical (unpaired) electrons. The third kappa shape index (κ3) is 5.46. The fourth-order valence-electron chi connectivity index (χ4n) is 2.43. The molecular weight excluding hydrogens is 349 g/mol. The first kappa shape index (κ1) is 18.2. The van der Waals surface area contributed by atoms with Crippen LogP contribution in [0.4, 0.5) is 4.39 Å². The molecule has 0 aliphatic carbocycles. The Bertz CT molecular complexity index is 834. The second kappa shape index (κ2) is 9.20. The van der Waals surface area contributed by atoms with Gasteiger partial charge in [0.25, 0.3) is 5.91 Å². The van der Waals surface area contributed by atoms with Gasteiger partial charge in [-0.2, -0.15) is 5.10 Å². The molecule has 2 aromatic carbocycles. The number of thioether (sulfide) groups is 1. The molecule has 0 unspecified atom stereocenters. The topological polar surface area (TPSA) is 46.9 Å². The van der Waals surface area contributed by atoms with E-state index < -0.39 is 0 Å². The summed E-state index contributed by atoms with van der Waals surface area (Å²) in [7, 11) is 0. The molecule has 1 aromatic heterocycles. The molecular formula is C20H20FN3OS. The van der Waals surface area contributed by atoms with E-state index in [2.05, 4.69) is 10.4 Å². The van der Waals surface area contributed by atoms with E-state index in [0.29, 0.717) is 18.7 Å². The molecule has 0 bridgehead atoms. The van der Waals surface area contributed by atoms with Crippen LogP contribution in [0.1, 0.15) is 22.3 Å². The lowest BCUT2D eigenvalue weighted by Gasteiger charge is -2.04. The molecule has 4 nitrogen and oxygen atoms in total. The van der Waals surface area contributed by atoms with Crippen molar-refractivity contribution in [3.05, 3.63) is 83.9 Å². The molecule has 1 N–H and O–H groups in total. The fraction of sp³-hybridized carbons (Fsp3) is 0.200. The molecule has 0 spiro atoms. The highest BCUT2D eigenvalue weighted by atomic mass is 32.2. The molecule has 0 fully saturated rings. The van der Waals surface area contributed by atoms with Gasteiger partial charge in [-0.05, 0) is 42.0 Å². The Balaban J connectivity index is 1.39. The van der Waals surface area contributed by atoms with E-state index in [4.69, 9.17) is 0 Å². The van der Waals surface area contributed by atoms with Gasteiger partial charge in [-0.1, -0.05) is 30.3 Å². The van der Waals surface area contributed by atoms with Crippen LogP contribution in [0.15, 0.2) is 71.9 Å². The number of hydrogen-bond donors (Lipinski definition) is 1. The lowest BCUT2D eigenvalue weighted by atomic mass is 10.2. The summed E-state index contributed by atoms with van der Waals surface area (Å²) in [5.41, 5.74) is 1.70. The van der Waals surface area contributed by atoms with Gasteiger partial charge in [0.05, 0.1) is 18.3 Å². The molecule has 1 heterocycles. The van der Waals surface area contributed by atoms with Crippen LogP contribution in [0.25, 0.3) is 0 Å². The van der Waals surface area contributed by atoms with E-state index in [0.717, 1.165) is 22.6 Å². The Kier molecular flexibility index (Phi) is 6.44. The van der Waals surface area contributed by atoms with Crippen molar-refractivity contribution in [3.63, 3.8) is 0 Å². The lowest BCUT2D eigenvalue weighted by molar-refractivity contribution is 0.0953. The third-order valence-corrected chi connectivity index (χ3v) is 4.87. The second-order valence-electron chi connectivity index (χ2n) is 5.82. The zero-order valence-corrected chi connectivity index (χ0v) is 15.1. The zero-order chi connectivity index (χ0) is 18.2. The monoisotopic (exact) mass is 369 g/mol. The zero-order valence-electron chi connectivity index (χ0n) is 14.3. The number of carbonyl (C=O) groups excluding carboxylic acids is 1. The molecule has 3 rings (SSSR count). The maximum Gasteiger partial charge on any atom is 0.254 e. The van der Waals surface area contributed by atoms with Crippen molar-refractivity contribution >= 4 is 17.7 Å². The minimum atomic E-state index is -0.227. The van der Waals surface area contributed by atoms with Crippen molar-refractivity contribution in [2.24, 2.45) is 0 Å². The SMILES string of the molecule is O=C(NCCCSc1ccc(F)cc1)c1cnn(Cc2ccccc2)c1. The predicted octanol–water partition coefficient (Wildman–Crippen LogP) is 3.98. The molecule has 3 aromatic rings. The van der Waals surface area contributed by atoms with Gasteiger partial charge in [0, 0.05) is 17.6 Å². The van der Waals surface area contributed by atoms with Crippen LogP contribution in [-0.4, -0.2) is 28.0 Å². The number of nitrogens with zero attached hydrogens (tertiary/aromatic N) is 2. The van der Waals surface area contributed by atoms with Crippen molar-refractivity contribution in [2.45, 2.75) is 17.9 Å². The average Bonchev–Trinajstić information content (AvgIpc) is 3.12. The van der Waals surface area contributed by atoms with E-state index in [1.54, 1.807) is 41.0 Å². The molecule has 0 saturated carbocycles. The first-order valence-corrected chi connectivity index (χ1v) is 9.42. The molecule has 0 saturated heterocycles. The van der Waals surface area contributed by atoms with Crippen LogP contribution in [-0.2, 0) is 6.54 Å². The minimum absolute atomic E-state index is 0.115. The average molecular weight is 369 g/mol. The lowest BCUT2D eigenvalue weighted by Crippen LogP contribution is -2.24. The van der Waals surface area contributed by atoms with E-state index in [-0.39, 0.29) is 11.7 Å². The van der Waals surface area contributed by atoms with Gasteiger partial charge >= 0.3 is 0 Å². The summed E-state index contributed by atoms with van der Waals surface area (Å²) >= 11 is 1.65. The number of rotatable bonds is 8. The molecule has 134 valence electrons. The van der Waals surface area contributed by atoms with Crippen molar-refractivity contribution in [3.8, 4) is 0 Å². The fourth-order valence-corrected chi connectivity index (χ4v) is 3.29. The Hall–Kier alpha value is -2.60. The second-order valence-corrected chi connectivity index (χ2v) is 6.99. The van der Waals surface area contributed by atoms with E-state index in [1.807, 2.05) is 30.3 Å². The Labute approximate surface area is 156 Å². The summed E-state index contributed by atoms with van der Waals surface area (Å²) in [5.74, 6) is 0.518. The summed E-state index contributed by atoms with van der Waals surface area (Å²) in [6, 6.07) is 16.4. The summed E-state index contributed by atoms with van der Waals surface area (Å²) in [4.78, 5) is 13.2. The molecule has 1 amide bonds. The quantitative estimate of drug-likeness (QED) is 0.483. The van der Waals surface area contributed by atoms with Crippen molar-refractivity contribution in [2.75, 3.05) is 12.3 Å². The minimum Gasteiger partial charge on any atom is -0.352 e. The maximum atomic E-state index is 12.8. The summed E-state index contributed by atoms with van der Waals surface area (Å²) < 4.78 is 14.6. The van der Waals surface area contributed by atoms with Gasteiger partial charge < -0.3 is 5.32 Å². The van der Waals surface area contributed by atoms with Crippen LogP contribution in [0.2, 0.25) is 0 Å². The van der Waals surface area contributed by atoms with E-state index in [9.17, 15) is 9.18 Å². The van der Waals surface area contributed by atoms with Crippen molar-refractivity contribution < 1.29 is 9.18 Å². The molecule has 6 heteroatoms. The number of aromatic nitrogens is 2.